The zero-order valence-corrected chi connectivity index (χ0v) is 20.7. The van der Waals surface area contributed by atoms with E-state index in [1.54, 1.807) is 20.2 Å². The Morgan fingerprint density at radius 3 is 2.16 bits per heavy atom. The number of aliphatic imine (C=N–C) groups is 1. The first-order valence-electron chi connectivity index (χ1n) is 10.2. The van der Waals surface area contributed by atoms with Gasteiger partial charge in [-0.05, 0) is 48.2 Å². The summed E-state index contributed by atoms with van der Waals surface area (Å²) in [4.78, 5) is 28.1. The van der Waals surface area contributed by atoms with Gasteiger partial charge in [-0.15, -0.1) is 24.0 Å². The summed E-state index contributed by atoms with van der Waals surface area (Å²) in [5.74, 6) is 0.534. The molecule has 0 atom stereocenters. The molecule has 0 bridgehead atoms. The van der Waals surface area contributed by atoms with Crippen LogP contribution in [0.15, 0.2) is 53.5 Å². The number of hydrogen-bond acceptors (Lipinski definition) is 3. The molecule has 0 saturated carbocycles. The molecule has 31 heavy (non-hydrogen) atoms. The van der Waals surface area contributed by atoms with Crippen LogP contribution >= 0.6 is 24.0 Å². The van der Waals surface area contributed by atoms with Crippen LogP contribution in [0, 0.1) is 0 Å². The standard InChI is InChI=1S/C23H31N5O2.HI/c1-4-12-26-22(30)20-10-6-8-18(15-20)16-28-23(25-3)27-13-11-17-7-5-9-19(14-17)21(29)24-2;/h5-10,14-15H,4,11-13,16H2,1-3H3,(H,24,29)(H,26,30)(H2,25,27,28);1H. The van der Waals surface area contributed by atoms with Crippen molar-refractivity contribution in [1.29, 1.82) is 0 Å². The molecule has 0 aliphatic carbocycles. The summed E-state index contributed by atoms with van der Waals surface area (Å²) in [6, 6.07) is 15.1. The molecule has 0 aromatic heterocycles. The SMILES string of the molecule is CCCNC(=O)c1cccc(CNC(=NC)NCCc2cccc(C(=O)NC)c2)c1.I. The number of guanidine groups is 1. The van der Waals surface area contributed by atoms with Crippen LogP contribution in [0.5, 0.6) is 0 Å². The molecule has 2 rings (SSSR count). The smallest absolute Gasteiger partial charge is 0.251 e. The van der Waals surface area contributed by atoms with Crippen LogP contribution in [0.25, 0.3) is 0 Å². The van der Waals surface area contributed by atoms with E-state index in [1.807, 2.05) is 49.4 Å². The van der Waals surface area contributed by atoms with Crippen molar-refractivity contribution in [3.05, 3.63) is 70.8 Å². The molecular weight excluding hydrogens is 505 g/mol. The Morgan fingerprint density at radius 2 is 1.52 bits per heavy atom. The lowest BCUT2D eigenvalue weighted by molar-refractivity contribution is 0.0949. The van der Waals surface area contributed by atoms with E-state index in [0.29, 0.717) is 36.7 Å². The van der Waals surface area contributed by atoms with Gasteiger partial charge in [-0.2, -0.15) is 0 Å². The summed E-state index contributed by atoms with van der Waals surface area (Å²) in [7, 11) is 3.34. The number of nitrogens with zero attached hydrogens (tertiary/aromatic N) is 1. The van der Waals surface area contributed by atoms with E-state index in [2.05, 4.69) is 26.3 Å². The van der Waals surface area contributed by atoms with Gasteiger partial charge >= 0.3 is 0 Å². The molecule has 2 amide bonds. The molecule has 0 aliphatic heterocycles. The van der Waals surface area contributed by atoms with Crippen LogP contribution in [0.2, 0.25) is 0 Å². The van der Waals surface area contributed by atoms with Gasteiger partial charge in [0.2, 0.25) is 0 Å². The van der Waals surface area contributed by atoms with Gasteiger partial charge in [-0.3, -0.25) is 14.6 Å². The monoisotopic (exact) mass is 537 g/mol. The van der Waals surface area contributed by atoms with Crippen LogP contribution < -0.4 is 21.3 Å². The normalized spacial score (nSPS) is 10.6. The van der Waals surface area contributed by atoms with Crippen molar-refractivity contribution in [2.45, 2.75) is 26.3 Å². The van der Waals surface area contributed by atoms with E-state index in [9.17, 15) is 9.59 Å². The number of rotatable bonds is 9. The van der Waals surface area contributed by atoms with E-state index < -0.39 is 0 Å². The second-order valence-corrected chi connectivity index (χ2v) is 6.84. The molecule has 0 radical (unpaired) electrons. The summed E-state index contributed by atoms with van der Waals surface area (Å²) in [6.07, 6.45) is 1.67. The molecule has 168 valence electrons. The highest BCUT2D eigenvalue weighted by Crippen LogP contribution is 2.07. The third-order valence-electron chi connectivity index (χ3n) is 4.53. The first kappa shape index (κ1) is 26.4. The molecule has 0 spiro atoms. The van der Waals surface area contributed by atoms with Crippen molar-refractivity contribution in [3.8, 4) is 0 Å². The second kappa shape index (κ2) is 14.4. The molecule has 0 aliphatic rings. The lowest BCUT2D eigenvalue weighted by Crippen LogP contribution is -2.37. The largest absolute Gasteiger partial charge is 0.356 e. The predicted molar refractivity (Wildman–Crippen MR) is 136 cm³/mol. The van der Waals surface area contributed by atoms with Crippen molar-refractivity contribution in [2.75, 3.05) is 27.2 Å². The quantitative estimate of drug-likeness (QED) is 0.225. The number of amides is 2. The van der Waals surface area contributed by atoms with Gasteiger partial charge in [0.05, 0.1) is 0 Å². The van der Waals surface area contributed by atoms with E-state index in [0.717, 1.165) is 24.0 Å². The van der Waals surface area contributed by atoms with E-state index in [-0.39, 0.29) is 35.8 Å². The van der Waals surface area contributed by atoms with Gasteiger partial charge in [0, 0.05) is 44.9 Å². The number of carbonyl (C=O) groups excluding carboxylic acids is 2. The Hall–Kier alpha value is -2.62. The average Bonchev–Trinajstić information content (AvgIpc) is 2.79. The number of benzene rings is 2. The number of carbonyl (C=O) groups is 2. The Kier molecular flexibility index (Phi) is 12.3. The number of nitrogens with one attached hydrogen (secondary N) is 4. The van der Waals surface area contributed by atoms with Gasteiger partial charge in [0.25, 0.3) is 11.8 Å². The van der Waals surface area contributed by atoms with Gasteiger partial charge in [0.1, 0.15) is 0 Å². The van der Waals surface area contributed by atoms with Crippen molar-refractivity contribution in [2.24, 2.45) is 4.99 Å². The van der Waals surface area contributed by atoms with Crippen molar-refractivity contribution in [1.82, 2.24) is 21.3 Å². The lowest BCUT2D eigenvalue weighted by Gasteiger charge is -2.13. The maximum Gasteiger partial charge on any atom is 0.251 e. The number of halogens is 1. The van der Waals surface area contributed by atoms with E-state index >= 15 is 0 Å². The number of hydrogen-bond donors (Lipinski definition) is 4. The topological polar surface area (TPSA) is 94.6 Å². The predicted octanol–water partition coefficient (Wildman–Crippen LogP) is 2.71. The summed E-state index contributed by atoms with van der Waals surface area (Å²) < 4.78 is 0. The minimum absolute atomic E-state index is 0. The maximum absolute atomic E-state index is 12.1. The summed E-state index contributed by atoms with van der Waals surface area (Å²) >= 11 is 0. The summed E-state index contributed by atoms with van der Waals surface area (Å²) in [6.45, 7) is 3.93. The maximum atomic E-state index is 12.1. The molecule has 2 aromatic rings. The molecule has 4 N–H and O–H groups in total. The van der Waals surface area contributed by atoms with Crippen LogP contribution in [-0.4, -0.2) is 45.0 Å². The van der Waals surface area contributed by atoms with Crippen LogP contribution in [0.1, 0.15) is 45.2 Å². The molecule has 2 aromatic carbocycles. The van der Waals surface area contributed by atoms with E-state index in [4.69, 9.17) is 0 Å². The highest BCUT2D eigenvalue weighted by atomic mass is 127. The average molecular weight is 537 g/mol. The fourth-order valence-corrected chi connectivity index (χ4v) is 2.91. The summed E-state index contributed by atoms with van der Waals surface area (Å²) in [5, 5.41) is 12.1. The Labute approximate surface area is 201 Å². The molecule has 0 fully saturated rings. The van der Waals surface area contributed by atoms with Crippen LogP contribution in [0.4, 0.5) is 0 Å². The molecule has 7 nitrogen and oxygen atoms in total. The molecule has 0 heterocycles. The zero-order valence-electron chi connectivity index (χ0n) is 18.3. The first-order chi connectivity index (χ1) is 14.6. The summed E-state index contributed by atoms with van der Waals surface area (Å²) in [5.41, 5.74) is 3.38. The third-order valence-corrected chi connectivity index (χ3v) is 4.53. The minimum atomic E-state index is -0.0899. The Morgan fingerprint density at radius 1 is 0.871 bits per heavy atom. The first-order valence-corrected chi connectivity index (χ1v) is 10.2. The minimum Gasteiger partial charge on any atom is -0.356 e. The highest BCUT2D eigenvalue weighted by molar-refractivity contribution is 14.0. The van der Waals surface area contributed by atoms with Gasteiger partial charge < -0.3 is 21.3 Å². The second-order valence-electron chi connectivity index (χ2n) is 6.84. The van der Waals surface area contributed by atoms with Gasteiger partial charge in [0.15, 0.2) is 5.96 Å². The molecule has 0 saturated heterocycles. The zero-order chi connectivity index (χ0) is 21.8. The molecule has 8 heteroatoms. The van der Waals surface area contributed by atoms with Crippen molar-refractivity contribution >= 4 is 41.8 Å². The van der Waals surface area contributed by atoms with Crippen molar-refractivity contribution < 1.29 is 9.59 Å². The lowest BCUT2D eigenvalue weighted by atomic mass is 10.1. The van der Waals surface area contributed by atoms with Gasteiger partial charge in [-0.25, -0.2) is 0 Å². The Bertz CT molecular complexity index is 886. The fourth-order valence-electron chi connectivity index (χ4n) is 2.91. The Balaban J connectivity index is 0.00000480. The van der Waals surface area contributed by atoms with Crippen molar-refractivity contribution in [3.63, 3.8) is 0 Å². The highest BCUT2D eigenvalue weighted by Gasteiger charge is 2.06. The van der Waals surface area contributed by atoms with Crippen LogP contribution in [-0.2, 0) is 13.0 Å². The molecule has 0 unspecified atom stereocenters. The van der Waals surface area contributed by atoms with Crippen LogP contribution in [0.3, 0.4) is 0 Å². The van der Waals surface area contributed by atoms with Gasteiger partial charge in [-0.1, -0.05) is 31.2 Å². The fraction of sp³-hybridized carbons (Fsp3) is 0.348. The third kappa shape index (κ3) is 8.95. The van der Waals surface area contributed by atoms with E-state index in [1.165, 1.54) is 0 Å². The molecular formula is C23H32IN5O2.